The normalized spacial score (nSPS) is 10.6. The molecular formula is C11H16O4S. The van der Waals surface area contributed by atoms with Gasteiger partial charge in [-0.1, -0.05) is 25.1 Å². The molecule has 1 rings (SSSR count). The number of carboxylic acid groups (broad SMARTS) is 1. The summed E-state index contributed by atoms with van der Waals surface area (Å²) in [6.07, 6.45) is 2.21. The van der Waals surface area contributed by atoms with E-state index in [4.69, 9.17) is 14.3 Å². The maximum atomic E-state index is 10.5. The highest BCUT2D eigenvalue weighted by Gasteiger charge is 2.08. The second-order valence-corrected chi connectivity index (χ2v) is 4.34. The molecule has 1 aromatic rings. The monoisotopic (exact) mass is 244 g/mol. The lowest BCUT2D eigenvalue weighted by Gasteiger charge is -2.01. The number of furan rings is 1. The van der Waals surface area contributed by atoms with Crippen LogP contribution in [0.4, 0.5) is 0 Å². The summed E-state index contributed by atoms with van der Waals surface area (Å²) in [5, 5.41) is 9.26. The Labute approximate surface area is 99.0 Å². The number of carboxylic acids is 1. The van der Waals surface area contributed by atoms with Gasteiger partial charge in [-0.05, 0) is 18.6 Å². The van der Waals surface area contributed by atoms with Gasteiger partial charge >= 0.3 is 5.97 Å². The summed E-state index contributed by atoms with van der Waals surface area (Å²) in [6, 6.07) is 3.13. The minimum absolute atomic E-state index is 0.0191. The van der Waals surface area contributed by atoms with Crippen LogP contribution in [0, 0.1) is 0 Å². The summed E-state index contributed by atoms with van der Waals surface area (Å²) in [4.78, 5) is 10.5. The molecule has 0 aliphatic heterocycles. The molecule has 0 atom stereocenters. The fourth-order valence-corrected chi connectivity index (χ4v) is 1.78. The SMILES string of the molecule is CCCCOCCSc1ccc(C(=O)O)o1. The van der Waals surface area contributed by atoms with Crippen LogP contribution in [0.3, 0.4) is 0 Å². The molecule has 4 nitrogen and oxygen atoms in total. The molecular weight excluding hydrogens is 228 g/mol. The van der Waals surface area contributed by atoms with Crippen LogP contribution in [-0.2, 0) is 4.74 Å². The van der Waals surface area contributed by atoms with Gasteiger partial charge in [0.15, 0.2) is 5.09 Å². The van der Waals surface area contributed by atoms with Crippen molar-refractivity contribution >= 4 is 17.7 Å². The largest absolute Gasteiger partial charge is 0.475 e. The molecule has 1 heterocycles. The van der Waals surface area contributed by atoms with Crippen molar-refractivity contribution in [2.45, 2.75) is 24.9 Å². The first-order valence-electron chi connectivity index (χ1n) is 5.27. The van der Waals surface area contributed by atoms with E-state index in [-0.39, 0.29) is 5.76 Å². The third-order valence-electron chi connectivity index (χ3n) is 1.91. The van der Waals surface area contributed by atoms with Crippen molar-refractivity contribution in [1.82, 2.24) is 0 Å². The fourth-order valence-electron chi connectivity index (χ4n) is 1.06. The van der Waals surface area contributed by atoms with Gasteiger partial charge in [0, 0.05) is 12.4 Å². The molecule has 0 amide bonds. The number of ether oxygens (including phenoxy) is 1. The van der Waals surface area contributed by atoms with Crippen LogP contribution in [0.1, 0.15) is 30.3 Å². The molecule has 0 aliphatic carbocycles. The molecule has 5 heteroatoms. The Balaban J connectivity index is 2.14. The van der Waals surface area contributed by atoms with Crippen LogP contribution in [0.5, 0.6) is 0 Å². The van der Waals surface area contributed by atoms with E-state index in [9.17, 15) is 4.79 Å². The summed E-state index contributed by atoms with van der Waals surface area (Å²) in [7, 11) is 0. The van der Waals surface area contributed by atoms with Gasteiger partial charge < -0.3 is 14.3 Å². The zero-order valence-electron chi connectivity index (χ0n) is 9.27. The number of aromatic carboxylic acids is 1. The Hall–Kier alpha value is -0.940. The molecule has 0 aromatic carbocycles. The highest BCUT2D eigenvalue weighted by atomic mass is 32.2. The predicted molar refractivity (Wildman–Crippen MR) is 62.1 cm³/mol. The van der Waals surface area contributed by atoms with Crippen LogP contribution >= 0.6 is 11.8 Å². The van der Waals surface area contributed by atoms with E-state index in [1.54, 1.807) is 6.07 Å². The van der Waals surface area contributed by atoms with Crippen molar-refractivity contribution in [3.8, 4) is 0 Å². The summed E-state index contributed by atoms with van der Waals surface area (Å²) in [6.45, 7) is 3.57. The maximum Gasteiger partial charge on any atom is 0.371 e. The van der Waals surface area contributed by atoms with Crippen molar-refractivity contribution in [3.63, 3.8) is 0 Å². The molecule has 0 fully saturated rings. The Morgan fingerprint density at radius 2 is 2.31 bits per heavy atom. The van der Waals surface area contributed by atoms with Gasteiger partial charge in [-0.25, -0.2) is 4.79 Å². The molecule has 0 saturated carbocycles. The fraction of sp³-hybridized carbons (Fsp3) is 0.545. The summed E-state index contributed by atoms with van der Waals surface area (Å²) in [5.41, 5.74) is 0. The Kier molecular flexibility index (Phi) is 6.03. The zero-order chi connectivity index (χ0) is 11.8. The third kappa shape index (κ3) is 4.72. The first-order valence-corrected chi connectivity index (χ1v) is 6.26. The molecule has 0 aliphatic rings. The van der Waals surface area contributed by atoms with Crippen LogP contribution in [-0.4, -0.2) is 30.0 Å². The van der Waals surface area contributed by atoms with Gasteiger partial charge in [-0.15, -0.1) is 0 Å². The van der Waals surface area contributed by atoms with Crippen molar-refractivity contribution in [3.05, 3.63) is 17.9 Å². The Bertz CT molecular complexity index is 322. The summed E-state index contributed by atoms with van der Waals surface area (Å²) < 4.78 is 10.5. The van der Waals surface area contributed by atoms with Crippen LogP contribution < -0.4 is 0 Å². The minimum Gasteiger partial charge on any atom is -0.475 e. The van der Waals surface area contributed by atoms with Gasteiger partial charge in [0.1, 0.15) is 0 Å². The average molecular weight is 244 g/mol. The quantitative estimate of drug-likeness (QED) is 0.563. The van der Waals surface area contributed by atoms with Gasteiger partial charge in [-0.3, -0.25) is 0 Å². The number of rotatable bonds is 8. The molecule has 16 heavy (non-hydrogen) atoms. The van der Waals surface area contributed by atoms with E-state index in [2.05, 4.69) is 6.92 Å². The first-order chi connectivity index (χ1) is 7.74. The third-order valence-corrected chi connectivity index (χ3v) is 2.78. The standard InChI is InChI=1S/C11H16O4S/c1-2-3-6-14-7-8-16-10-5-4-9(15-10)11(12)13/h4-5H,2-3,6-8H2,1H3,(H,12,13). The van der Waals surface area contributed by atoms with E-state index in [0.717, 1.165) is 25.2 Å². The number of carbonyl (C=O) groups is 1. The Morgan fingerprint density at radius 1 is 1.50 bits per heavy atom. The minimum atomic E-state index is -1.04. The van der Waals surface area contributed by atoms with Crippen LogP contribution in [0.15, 0.2) is 21.6 Å². The van der Waals surface area contributed by atoms with E-state index < -0.39 is 5.97 Å². The molecule has 1 N–H and O–H groups in total. The van der Waals surface area contributed by atoms with E-state index in [0.29, 0.717) is 11.7 Å². The summed E-state index contributed by atoms with van der Waals surface area (Å²) in [5.74, 6) is -0.281. The molecule has 0 spiro atoms. The van der Waals surface area contributed by atoms with Gasteiger partial charge in [0.2, 0.25) is 5.76 Å². The van der Waals surface area contributed by atoms with Crippen molar-refractivity contribution in [1.29, 1.82) is 0 Å². The van der Waals surface area contributed by atoms with Gasteiger partial charge in [0.05, 0.1) is 6.61 Å². The molecule has 0 radical (unpaired) electrons. The highest BCUT2D eigenvalue weighted by molar-refractivity contribution is 7.99. The number of thioether (sulfide) groups is 1. The molecule has 0 saturated heterocycles. The van der Waals surface area contributed by atoms with E-state index in [1.165, 1.54) is 17.8 Å². The lowest BCUT2D eigenvalue weighted by molar-refractivity contribution is 0.0656. The van der Waals surface area contributed by atoms with Crippen molar-refractivity contribution in [2.24, 2.45) is 0 Å². The van der Waals surface area contributed by atoms with E-state index in [1.807, 2.05) is 0 Å². The van der Waals surface area contributed by atoms with Crippen molar-refractivity contribution < 1.29 is 19.1 Å². The number of unbranched alkanes of at least 4 members (excludes halogenated alkanes) is 1. The average Bonchev–Trinajstić information content (AvgIpc) is 2.72. The second kappa shape index (κ2) is 7.35. The van der Waals surface area contributed by atoms with Crippen LogP contribution in [0.2, 0.25) is 0 Å². The number of hydrogen-bond donors (Lipinski definition) is 1. The van der Waals surface area contributed by atoms with Gasteiger partial charge in [0.25, 0.3) is 0 Å². The topological polar surface area (TPSA) is 59.7 Å². The highest BCUT2D eigenvalue weighted by Crippen LogP contribution is 2.20. The van der Waals surface area contributed by atoms with Crippen molar-refractivity contribution in [2.75, 3.05) is 19.0 Å². The molecule has 0 unspecified atom stereocenters. The first kappa shape index (κ1) is 13.1. The number of hydrogen-bond acceptors (Lipinski definition) is 4. The molecule has 1 aromatic heterocycles. The maximum absolute atomic E-state index is 10.5. The lowest BCUT2D eigenvalue weighted by Crippen LogP contribution is -1.98. The molecule has 0 bridgehead atoms. The molecule has 90 valence electrons. The smallest absolute Gasteiger partial charge is 0.371 e. The lowest BCUT2D eigenvalue weighted by atomic mass is 10.4. The Morgan fingerprint density at radius 3 is 2.94 bits per heavy atom. The van der Waals surface area contributed by atoms with Crippen LogP contribution in [0.25, 0.3) is 0 Å². The summed E-state index contributed by atoms with van der Waals surface area (Å²) >= 11 is 1.46. The van der Waals surface area contributed by atoms with Gasteiger partial charge in [-0.2, -0.15) is 0 Å². The zero-order valence-corrected chi connectivity index (χ0v) is 10.1. The second-order valence-electron chi connectivity index (χ2n) is 3.24. The predicted octanol–water partition coefficient (Wildman–Crippen LogP) is 2.89. The van der Waals surface area contributed by atoms with E-state index >= 15 is 0 Å².